The van der Waals surface area contributed by atoms with Crippen LogP contribution in [0.2, 0.25) is 0 Å². The summed E-state index contributed by atoms with van der Waals surface area (Å²) in [5.74, 6) is -0.460. The van der Waals surface area contributed by atoms with Gasteiger partial charge in [-0.05, 0) is 60.7 Å². The fraction of sp³-hybridized carbons (Fsp3) is 0.286. The second kappa shape index (κ2) is 11.5. The van der Waals surface area contributed by atoms with Crippen LogP contribution in [0.25, 0.3) is 0 Å². The first-order valence-corrected chi connectivity index (χ1v) is 11.7. The Labute approximate surface area is 200 Å². The molecule has 1 heterocycles. The number of fused-ring (bicyclic) bond motifs is 1. The van der Waals surface area contributed by atoms with E-state index in [9.17, 15) is 9.59 Å². The summed E-state index contributed by atoms with van der Waals surface area (Å²) in [5.41, 5.74) is 5.33. The molecule has 0 saturated carbocycles. The molecule has 0 saturated heterocycles. The quantitative estimate of drug-likeness (QED) is 0.459. The van der Waals surface area contributed by atoms with E-state index in [-0.39, 0.29) is 11.8 Å². The summed E-state index contributed by atoms with van der Waals surface area (Å²) >= 11 is 0. The van der Waals surface area contributed by atoms with Crippen molar-refractivity contribution in [3.8, 4) is 0 Å². The van der Waals surface area contributed by atoms with Gasteiger partial charge in [-0.25, -0.2) is 0 Å². The second-order valence-electron chi connectivity index (χ2n) is 8.45. The lowest BCUT2D eigenvalue weighted by Gasteiger charge is -2.31. The molecule has 0 bridgehead atoms. The predicted octanol–water partition coefficient (Wildman–Crippen LogP) is 4.66. The van der Waals surface area contributed by atoms with Crippen LogP contribution in [-0.4, -0.2) is 38.6 Å². The normalized spacial score (nSPS) is 12.7. The summed E-state index contributed by atoms with van der Waals surface area (Å²) < 4.78 is 5.01. The lowest BCUT2D eigenvalue weighted by molar-refractivity contribution is 0.0949. The third-order valence-electron chi connectivity index (χ3n) is 6.03. The van der Waals surface area contributed by atoms with Crippen LogP contribution in [0.5, 0.6) is 0 Å². The number of benzene rings is 3. The van der Waals surface area contributed by atoms with Gasteiger partial charge in [0, 0.05) is 44.6 Å². The number of para-hydroxylation sites is 2. The summed E-state index contributed by atoms with van der Waals surface area (Å²) in [7, 11) is 1.63. The maximum absolute atomic E-state index is 12.9. The van der Waals surface area contributed by atoms with E-state index < -0.39 is 0 Å². The third-order valence-corrected chi connectivity index (χ3v) is 6.03. The topological polar surface area (TPSA) is 70.7 Å². The highest BCUT2D eigenvalue weighted by molar-refractivity contribution is 6.09. The Morgan fingerprint density at radius 3 is 2.53 bits per heavy atom. The van der Waals surface area contributed by atoms with E-state index in [0.29, 0.717) is 30.0 Å². The molecule has 0 unspecified atom stereocenters. The van der Waals surface area contributed by atoms with E-state index >= 15 is 0 Å². The van der Waals surface area contributed by atoms with Gasteiger partial charge in [0.05, 0.1) is 11.3 Å². The molecular weight excluding hydrogens is 426 g/mol. The van der Waals surface area contributed by atoms with Crippen molar-refractivity contribution in [1.82, 2.24) is 5.32 Å². The summed E-state index contributed by atoms with van der Waals surface area (Å²) in [5, 5.41) is 5.75. The summed E-state index contributed by atoms with van der Waals surface area (Å²) in [6, 6.07) is 23.3. The van der Waals surface area contributed by atoms with Gasteiger partial charge >= 0.3 is 0 Å². The van der Waals surface area contributed by atoms with Crippen molar-refractivity contribution in [3.63, 3.8) is 0 Å². The molecule has 3 aromatic carbocycles. The van der Waals surface area contributed by atoms with Gasteiger partial charge in [-0.3, -0.25) is 9.59 Å². The number of methoxy groups -OCH3 is 1. The molecule has 0 atom stereocenters. The largest absolute Gasteiger partial charge is 0.385 e. The van der Waals surface area contributed by atoms with Crippen LogP contribution >= 0.6 is 0 Å². The molecule has 4 rings (SSSR count). The van der Waals surface area contributed by atoms with Crippen LogP contribution < -0.4 is 15.5 Å². The van der Waals surface area contributed by atoms with Crippen molar-refractivity contribution in [2.75, 3.05) is 37.0 Å². The highest BCUT2D eigenvalue weighted by Crippen LogP contribution is 2.28. The molecule has 1 aliphatic heterocycles. The van der Waals surface area contributed by atoms with Crippen molar-refractivity contribution in [2.45, 2.75) is 25.8 Å². The van der Waals surface area contributed by atoms with Crippen LogP contribution in [-0.2, 0) is 17.7 Å². The van der Waals surface area contributed by atoms with Gasteiger partial charge in [-0.15, -0.1) is 0 Å². The highest BCUT2D eigenvalue weighted by atomic mass is 16.5. The van der Waals surface area contributed by atoms with Gasteiger partial charge in [-0.1, -0.05) is 42.5 Å². The predicted molar refractivity (Wildman–Crippen MR) is 135 cm³/mol. The van der Waals surface area contributed by atoms with E-state index in [1.165, 1.54) is 11.3 Å². The first-order chi connectivity index (χ1) is 16.7. The Morgan fingerprint density at radius 2 is 1.71 bits per heavy atom. The monoisotopic (exact) mass is 457 g/mol. The number of anilines is 2. The zero-order valence-electron chi connectivity index (χ0n) is 19.5. The van der Waals surface area contributed by atoms with Gasteiger partial charge in [0.25, 0.3) is 11.8 Å². The highest BCUT2D eigenvalue weighted by Gasteiger charge is 2.17. The molecule has 34 heavy (non-hydrogen) atoms. The molecule has 0 radical (unpaired) electrons. The van der Waals surface area contributed by atoms with Gasteiger partial charge in [0.1, 0.15) is 0 Å². The van der Waals surface area contributed by atoms with E-state index in [1.54, 1.807) is 31.4 Å². The van der Waals surface area contributed by atoms with Crippen molar-refractivity contribution in [3.05, 3.63) is 95.1 Å². The van der Waals surface area contributed by atoms with Gasteiger partial charge in [0.15, 0.2) is 0 Å². The van der Waals surface area contributed by atoms with Crippen molar-refractivity contribution < 1.29 is 14.3 Å². The molecule has 0 spiro atoms. The van der Waals surface area contributed by atoms with E-state index in [4.69, 9.17) is 4.74 Å². The van der Waals surface area contributed by atoms with Gasteiger partial charge in [0.2, 0.25) is 0 Å². The average Bonchev–Trinajstić information content (AvgIpc) is 2.87. The maximum atomic E-state index is 12.9. The standard InChI is InChI=1S/C28H31N3O3/c1-34-19-7-17-29-28(33)24-10-3-4-11-25(24)30-27(32)23-15-13-21(14-16-23)20-31-18-6-9-22-8-2-5-12-26(22)31/h2-5,8,10-16H,6-7,9,17-20H2,1H3,(H,29,33)(H,30,32). The Kier molecular flexibility index (Phi) is 7.94. The first-order valence-electron chi connectivity index (χ1n) is 11.7. The lowest BCUT2D eigenvalue weighted by atomic mass is 10.0. The zero-order chi connectivity index (χ0) is 23.8. The third kappa shape index (κ3) is 5.83. The van der Waals surface area contributed by atoms with E-state index in [1.807, 2.05) is 24.3 Å². The molecule has 0 aromatic heterocycles. The van der Waals surface area contributed by atoms with Gasteiger partial charge < -0.3 is 20.3 Å². The van der Waals surface area contributed by atoms with E-state index in [0.717, 1.165) is 37.9 Å². The first kappa shape index (κ1) is 23.5. The molecule has 2 N–H and O–H groups in total. The van der Waals surface area contributed by atoms with Crippen LogP contribution in [0.15, 0.2) is 72.8 Å². The Morgan fingerprint density at radius 1 is 0.941 bits per heavy atom. The molecule has 176 valence electrons. The molecule has 6 heteroatoms. The van der Waals surface area contributed by atoms with Crippen LogP contribution in [0.1, 0.15) is 44.7 Å². The average molecular weight is 458 g/mol. The van der Waals surface area contributed by atoms with Crippen LogP contribution in [0, 0.1) is 0 Å². The fourth-order valence-electron chi connectivity index (χ4n) is 4.26. The molecule has 3 aromatic rings. The lowest BCUT2D eigenvalue weighted by Crippen LogP contribution is -2.28. The minimum atomic E-state index is -0.241. The summed E-state index contributed by atoms with van der Waals surface area (Å²) in [4.78, 5) is 27.8. The number of hydrogen-bond acceptors (Lipinski definition) is 4. The minimum Gasteiger partial charge on any atom is -0.385 e. The van der Waals surface area contributed by atoms with Crippen molar-refractivity contribution in [1.29, 1.82) is 0 Å². The molecule has 6 nitrogen and oxygen atoms in total. The SMILES string of the molecule is COCCCNC(=O)c1ccccc1NC(=O)c1ccc(CN2CCCc3ccccc32)cc1. The summed E-state index contributed by atoms with van der Waals surface area (Å²) in [6.07, 6.45) is 3.00. The molecule has 2 amide bonds. The number of aryl methyl sites for hydroxylation is 1. The maximum Gasteiger partial charge on any atom is 0.255 e. The Balaban J connectivity index is 1.39. The smallest absolute Gasteiger partial charge is 0.255 e. The minimum absolute atomic E-state index is 0.218. The number of nitrogens with one attached hydrogen (secondary N) is 2. The number of rotatable bonds is 9. The van der Waals surface area contributed by atoms with E-state index in [2.05, 4.69) is 39.8 Å². The molecular formula is C28H31N3O3. The number of hydrogen-bond donors (Lipinski definition) is 2. The Bertz CT molecular complexity index is 1130. The van der Waals surface area contributed by atoms with Crippen LogP contribution in [0.3, 0.4) is 0 Å². The van der Waals surface area contributed by atoms with Crippen molar-refractivity contribution in [2.24, 2.45) is 0 Å². The fourth-order valence-corrected chi connectivity index (χ4v) is 4.26. The zero-order valence-corrected chi connectivity index (χ0v) is 19.5. The molecule has 0 fully saturated rings. The number of amides is 2. The number of carbonyl (C=O) groups is 2. The number of nitrogens with zero attached hydrogens (tertiary/aromatic N) is 1. The summed E-state index contributed by atoms with van der Waals surface area (Å²) in [6.45, 7) is 2.94. The number of carbonyl (C=O) groups excluding carboxylic acids is 2. The molecule has 1 aliphatic rings. The number of ether oxygens (including phenoxy) is 1. The van der Waals surface area contributed by atoms with Crippen molar-refractivity contribution >= 4 is 23.2 Å². The van der Waals surface area contributed by atoms with Gasteiger partial charge in [-0.2, -0.15) is 0 Å². The Hall–Kier alpha value is -3.64. The molecule has 0 aliphatic carbocycles. The van der Waals surface area contributed by atoms with Crippen LogP contribution in [0.4, 0.5) is 11.4 Å². The second-order valence-corrected chi connectivity index (χ2v) is 8.45.